The molecule has 0 unspecified atom stereocenters. The van der Waals surface area contributed by atoms with E-state index in [9.17, 15) is 19.8 Å². The van der Waals surface area contributed by atoms with E-state index in [0.29, 0.717) is 5.56 Å². The standard InChI is InChI=1S/C20H14O4/c21-17-12-5-4-9-14(17)19(23)16-11-6-10-15(20(16)24)18(22)13-7-2-1-3-8-13/h1-12,21,24H. The van der Waals surface area contributed by atoms with Gasteiger partial charge in [-0.3, -0.25) is 9.59 Å². The molecule has 0 aliphatic rings. The van der Waals surface area contributed by atoms with Crippen molar-refractivity contribution in [3.8, 4) is 11.5 Å². The summed E-state index contributed by atoms with van der Waals surface area (Å²) in [5.41, 5.74) is 0.498. The van der Waals surface area contributed by atoms with E-state index in [2.05, 4.69) is 0 Å². The van der Waals surface area contributed by atoms with Gasteiger partial charge in [-0.25, -0.2) is 0 Å². The quantitative estimate of drug-likeness (QED) is 0.721. The van der Waals surface area contributed by atoms with Gasteiger partial charge in [0.15, 0.2) is 11.6 Å². The summed E-state index contributed by atoms with van der Waals surface area (Å²) in [5.74, 6) is -1.49. The van der Waals surface area contributed by atoms with Gasteiger partial charge >= 0.3 is 0 Å². The Labute approximate surface area is 138 Å². The van der Waals surface area contributed by atoms with Crippen LogP contribution in [0.1, 0.15) is 31.8 Å². The maximum Gasteiger partial charge on any atom is 0.200 e. The minimum absolute atomic E-state index is 0.0294. The molecule has 0 atom stereocenters. The third-order valence-corrected chi connectivity index (χ3v) is 3.71. The predicted molar refractivity (Wildman–Crippen MR) is 89.5 cm³/mol. The molecule has 0 radical (unpaired) electrons. The molecule has 24 heavy (non-hydrogen) atoms. The molecule has 4 heteroatoms. The Morgan fingerprint density at radius 3 is 1.79 bits per heavy atom. The SMILES string of the molecule is O=C(c1ccccc1)c1cccc(C(=O)c2ccccc2O)c1O. The molecule has 0 spiro atoms. The lowest BCUT2D eigenvalue weighted by Gasteiger charge is -2.09. The number of phenolic OH excluding ortho intramolecular Hbond substituents is 2. The topological polar surface area (TPSA) is 74.6 Å². The zero-order valence-electron chi connectivity index (χ0n) is 12.6. The first-order valence-corrected chi connectivity index (χ1v) is 7.34. The van der Waals surface area contributed by atoms with Crippen LogP contribution in [0.2, 0.25) is 0 Å². The molecule has 118 valence electrons. The highest BCUT2D eigenvalue weighted by Gasteiger charge is 2.21. The van der Waals surface area contributed by atoms with Crippen LogP contribution in [0, 0.1) is 0 Å². The molecule has 0 aromatic heterocycles. The molecule has 3 aromatic carbocycles. The fraction of sp³-hybridized carbons (Fsp3) is 0. The number of hydrogen-bond acceptors (Lipinski definition) is 4. The van der Waals surface area contributed by atoms with Crippen LogP contribution in [-0.4, -0.2) is 21.8 Å². The first kappa shape index (κ1) is 15.5. The number of ketones is 2. The number of rotatable bonds is 4. The average Bonchev–Trinajstić information content (AvgIpc) is 2.62. The fourth-order valence-corrected chi connectivity index (χ4v) is 2.47. The second-order valence-corrected chi connectivity index (χ2v) is 5.24. The van der Waals surface area contributed by atoms with Crippen LogP contribution in [0.5, 0.6) is 11.5 Å². The molecule has 2 N–H and O–H groups in total. The van der Waals surface area contributed by atoms with Crippen molar-refractivity contribution in [2.75, 3.05) is 0 Å². The zero-order valence-corrected chi connectivity index (χ0v) is 12.6. The Hall–Kier alpha value is -3.40. The van der Waals surface area contributed by atoms with Crippen LogP contribution in [0.3, 0.4) is 0 Å². The molecular weight excluding hydrogens is 304 g/mol. The van der Waals surface area contributed by atoms with Crippen LogP contribution in [0.4, 0.5) is 0 Å². The van der Waals surface area contributed by atoms with Gasteiger partial charge in [0.05, 0.1) is 16.7 Å². The summed E-state index contributed by atoms with van der Waals surface area (Å²) in [4.78, 5) is 25.1. The lowest BCUT2D eigenvalue weighted by molar-refractivity contribution is 0.103. The summed E-state index contributed by atoms with van der Waals surface area (Å²) in [6.45, 7) is 0. The Kier molecular flexibility index (Phi) is 4.12. The second kappa shape index (κ2) is 6.38. The Bertz CT molecular complexity index is 914. The maximum atomic E-state index is 12.6. The van der Waals surface area contributed by atoms with Crippen LogP contribution in [0.25, 0.3) is 0 Å². The van der Waals surface area contributed by atoms with E-state index in [4.69, 9.17) is 0 Å². The number of phenols is 2. The monoisotopic (exact) mass is 318 g/mol. The van der Waals surface area contributed by atoms with E-state index < -0.39 is 5.78 Å². The van der Waals surface area contributed by atoms with Gasteiger partial charge in [0.2, 0.25) is 0 Å². The minimum Gasteiger partial charge on any atom is -0.507 e. The summed E-state index contributed by atoms with van der Waals surface area (Å²) in [6.07, 6.45) is 0. The minimum atomic E-state index is -0.548. The number of hydrogen-bond donors (Lipinski definition) is 2. The van der Waals surface area contributed by atoms with E-state index >= 15 is 0 Å². The van der Waals surface area contributed by atoms with Gasteiger partial charge in [-0.1, -0.05) is 48.5 Å². The number of carbonyl (C=O) groups excluding carboxylic acids is 2. The fourth-order valence-electron chi connectivity index (χ4n) is 2.47. The molecule has 4 nitrogen and oxygen atoms in total. The molecule has 0 heterocycles. The van der Waals surface area contributed by atoms with Gasteiger partial charge < -0.3 is 10.2 Å². The van der Waals surface area contributed by atoms with Gasteiger partial charge in [-0.2, -0.15) is 0 Å². The number of para-hydroxylation sites is 2. The van der Waals surface area contributed by atoms with Crippen molar-refractivity contribution in [3.63, 3.8) is 0 Å². The van der Waals surface area contributed by atoms with E-state index in [1.807, 2.05) is 0 Å². The molecule has 0 saturated carbocycles. The molecule has 3 aromatic rings. The largest absolute Gasteiger partial charge is 0.507 e. The van der Waals surface area contributed by atoms with E-state index in [-0.39, 0.29) is 34.0 Å². The van der Waals surface area contributed by atoms with E-state index in [1.165, 1.54) is 30.3 Å². The highest BCUT2D eigenvalue weighted by atomic mass is 16.3. The average molecular weight is 318 g/mol. The van der Waals surface area contributed by atoms with Crippen molar-refractivity contribution >= 4 is 11.6 Å². The number of aromatic hydroxyl groups is 2. The summed E-state index contributed by atoms with van der Waals surface area (Å²) >= 11 is 0. The highest BCUT2D eigenvalue weighted by Crippen LogP contribution is 2.29. The van der Waals surface area contributed by atoms with Gasteiger partial charge in [0, 0.05) is 5.56 Å². The maximum absolute atomic E-state index is 12.6. The Morgan fingerprint density at radius 1 is 0.583 bits per heavy atom. The van der Waals surface area contributed by atoms with Gasteiger partial charge in [0.25, 0.3) is 0 Å². The van der Waals surface area contributed by atoms with Crippen LogP contribution >= 0.6 is 0 Å². The number of benzene rings is 3. The first-order chi connectivity index (χ1) is 11.6. The third kappa shape index (κ3) is 2.77. The molecule has 0 amide bonds. The van der Waals surface area contributed by atoms with Gasteiger partial charge in [-0.15, -0.1) is 0 Å². The number of carbonyl (C=O) groups is 2. The zero-order chi connectivity index (χ0) is 17.1. The van der Waals surface area contributed by atoms with Gasteiger partial charge in [0.1, 0.15) is 11.5 Å². The molecular formula is C20H14O4. The van der Waals surface area contributed by atoms with Crippen LogP contribution in [-0.2, 0) is 0 Å². The van der Waals surface area contributed by atoms with Crippen molar-refractivity contribution in [3.05, 3.63) is 95.1 Å². The van der Waals surface area contributed by atoms with E-state index in [1.54, 1.807) is 42.5 Å². The second-order valence-electron chi connectivity index (χ2n) is 5.24. The molecule has 0 bridgehead atoms. The summed E-state index contributed by atoms with van der Waals surface area (Å²) in [5, 5.41) is 20.2. The molecule has 0 aliphatic heterocycles. The van der Waals surface area contributed by atoms with Gasteiger partial charge in [-0.05, 0) is 24.3 Å². The smallest absolute Gasteiger partial charge is 0.200 e. The lowest BCUT2D eigenvalue weighted by Crippen LogP contribution is -2.07. The first-order valence-electron chi connectivity index (χ1n) is 7.34. The van der Waals surface area contributed by atoms with Crippen LogP contribution in [0.15, 0.2) is 72.8 Å². The normalized spacial score (nSPS) is 10.3. The lowest BCUT2D eigenvalue weighted by atomic mass is 9.95. The van der Waals surface area contributed by atoms with Crippen molar-refractivity contribution < 1.29 is 19.8 Å². The third-order valence-electron chi connectivity index (χ3n) is 3.71. The van der Waals surface area contributed by atoms with Crippen molar-refractivity contribution in [1.29, 1.82) is 0 Å². The van der Waals surface area contributed by atoms with Crippen molar-refractivity contribution in [2.45, 2.75) is 0 Å². The summed E-state index contributed by atoms with van der Waals surface area (Å²) in [7, 11) is 0. The predicted octanol–water partition coefficient (Wildman–Crippen LogP) is 3.56. The summed E-state index contributed by atoms with van der Waals surface area (Å²) < 4.78 is 0. The van der Waals surface area contributed by atoms with Crippen molar-refractivity contribution in [1.82, 2.24) is 0 Å². The Balaban J connectivity index is 2.05. The molecule has 0 fully saturated rings. The van der Waals surface area contributed by atoms with E-state index in [0.717, 1.165) is 0 Å². The van der Waals surface area contributed by atoms with Crippen LogP contribution < -0.4 is 0 Å². The van der Waals surface area contributed by atoms with Crippen molar-refractivity contribution in [2.24, 2.45) is 0 Å². The highest BCUT2D eigenvalue weighted by molar-refractivity contribution is 6.16. The Morgan fingerprint density at radius 2 is 1.12 bits per heavy atom. The summed E-state index contributed by atoms with van der Waals surface area (Å²) in [6, 6.07) is 19.0. The molecule has 0 saturated heterocycles. The molecule has 3 rings (SSSR count). The molecule has 0 aliphatic carbocycles.